The van der Waals surface area contributed by atoms with Gasteiger partial charge in [-0.15, -0.1) is 0 Å². The fraction of sp³-hybridized carbons (Fsp3) is 0.241. The summed E-state index contributed by atoms with van der Waals surface area (Å²) >= 11 is 6.21. The lowest BCUT2D eigenvalue weighted by molar-refractivity contribution is -0.117. The molecule has 0 radical (unpaired) electrons. The summed E-state index contributed by atoms with van der Waals surface area (Å²) in [7, 11) is 2.87. The van der Waals surface area contributed by atoms with Gasteiger partial charge < -0.3 is 24.8 Å². The van der Waals surface area contributed by atoms with Crippen molar-refractivity contribution in [3.8, 4) is 17.2 Å². The zero-order valence-corrected chi connectivity index (χ0v) is 23.5. The van der Waals surface area contributed by atoms with E-state index in [2.05, 4.69) is 10.6 Å². The Morgan fingerprint density at radius 2 is 1.51 bits per heavy atom. The maximum atomic E-state index is 13.5. The highest BCUT2D eigenvalue weighted by molar-refractivity contribution is 6.32. The molecule has 12 heteroatoms. The van der Waals surface area contributed by atoms with Crippen molar-refractivity contribution in [3.05, 3.63) is 86.5 Å². The second-order valence-electron chi connectivity index (χ2n) is 8.93. The second-order valence-corrected chi connectivity index (χ2v) is 9.34. The molecule has 3 aromatic carbocycles. The summed E-state index contributed by atoms with van der Waals surface area (Å²) < 4.78 is 18.0. The van der Waals surface area contributed by atoms with Crippen molar-refractivity contribution in [1.82, 2.24) is 9.13 Å². The third-order valence-corrected chi connectivity index (χ3v) is 6.39. The third-order valence-electron chi connectivity index (χ3n) is 6.09. The van der Waals surface area contributed by atoms with Gasteiger partial charge >= 0.3 is 5.69 Å². The monoisotopic (exact) mass is 580 g/mol. The minimum absolute atomic E-state index is 0.176. The van der Waals surface area contributed by atoms with Crippen LogP contribution in [-0.4, -0.2) is 41.8 Å². The molecular formula is C29H29ClN4O7. The van der Waals surface area contributed by atoms with Gasteiger partial charge in [-0.3, -0.25) is 23.5 Å². The number of methoxy groups -OCH3 is 2. The number of para-hydroxylation sites is 1. The summed E-state index contributed by atoms with van der Waals surface area (Å²) in [6, 6.07) is 16.1. The zero-order valence-electron chi connectivity index (χ0n) is 22.7. The molecule has 11 nitrogen and oxygen atoms in total. The molecule has 0 aliphatic rings. The molecule has 2 N–H and O–H groups in total. The summed E-state index contributed by atoms with van der Waals surface area (Å²) in [6.07, 6.45) is 0.863. The van der Waals surface area contributed by atoms with Crippen LogP contribution in [0.15, 0.2) is 70.3 Å². The van der Waals surface area contributed by atoms with E-state index >= 15 is 0 Å². The van der Waals surface area contributed by atoms with Gasteiger partial charge in [-0.25, -0.2) is 4.79 Å². The smallest absolute Gasteiger partial charge is 0.332 e. The van der Waals surface area contributed by atoms with Gasteiger partial charge in [0.25, 0.3) is 5.56 Å². The first-order valence-corrected chi connectivity index (χ1v) is 13.1. The molecule has 0 atom stereocenters. The topological polar surface area (TPSA) is 130 Å². The van der Waals surface area contributed by atoms with Crippen molar-refractivity contribution in [2.75, 3.05) is 31.5 Å². The highest BCUT2D eigenvalue weighted by atomic mass is 35.5. The number of carbonyl (C=O) groups excluding carboxylic acids is 2. The molecule has 41 heavy (non-hydrogen) atoms. The van der Waals surface area contributed by atoms with Crippen LogP contribution >= 0.6 is 11.6 Å². The van der Waals surface area contributed by atoms with Crippen molar-refractivity contribution >= 4 is 45.7 Å². The van der Waals surface area contributed by atoms with Gasteiger partial charge in [0.15, 0.2) is 0 Å². The number of aromatic nitrogens is 2. The normalized spacial score (nSPS) is 10.7. The minimum atomic E-state index is -0.818. The number of benzene rings is 3. The quantitative estimate of drug-likeness (QED) is 0.275. The molecule has 2 amide bonds. The largest absolute Gasteiger partial charge is 0.495 e. The number of ether oxygens (including phenoxy) is 3. The highest BCUT2D eigenvalue weighted by Gasteiger charge is 2.19. The predicted molar refractivity (Wildman–Crippen MR) is 157 cm³/mol. The Hall–Kier alpha value is -4.77. The van der Waals surface area contributed by atoms with Crippen LogP contribution in [-0.2, 0) is 22.7 Å². The predicted octanol–water partition coefficient (Wildman–Crippen LogP) is 3.90. The first-order chi connectivity index (χ1) is 19.7. The lowest BCUT2D eigenvalue weighted by Crippen LogP contribution is -2.44. The van der Waals surface area contributed by atoms with E-state index < -0.39 is 36.2 Å². The number of carbonyl (C=O) groups is 2. The summed E-state index contributed by atoms with van der Waals surface area (Å²) in [5.74, 6) is 0.136. The van der Waals surface area contributed by atoms with Crippen LogP contribution in [0.1, 0.15) is 13.3 Å². The Bertz CT molecular complexity index is 1700. The van der Waals surface area contributed by atoms with Crippen molar-refractivity contribution in [3.63, 3.8) is 0 Å². The molecule has 0 spiro atoms. The van der Waals surface area contributed by atoms with Crippen molar-refractivity contribution in [2.45, 2.75) is 26.4 Å². The molecule has 0 aliphatic heterocycles. The van der Waals surface area contributed by atoms with Crippen molar-refractivity contribution in [2.24, 2.45) is 0 Å². The molecule has 1 aromatic heterocycles. The van der Waals surface area contributed by atoms with Crippen LogP contribution in [0.25, 0.3) is 10.9 Å². The van der Waals surface area contributed by atoms with Gasteiger partial charge in [0.1, 0.15) is 30.3 Å². The minimum Gasteiger partial charge on any atom is -0.495 e. The number of hydrogen-bond donors (Lipinski definition) is 2. The first-order valence-electron chi connectivity index (χ1n) is 12.7. The fourth-order valence-corrected chi connectivity index (χ4v) is 4.39. The van der Waals surface area contributed by atoms with E-state index in [-0.39, 0.29) is 21.6 Å². The summed E-state index contributed by atoms with van der Waals surface area (Å²) in [5.41, 5.74) is -0.484. The van der Waals surface area contributed by atoms with Gasteiger partial charge in [-0.2, -0.15) is 0 Å². The van der Waals surface area contributed by atoms with Crippen molar-refractivity contribution in [1.29, 1.82) is 0 Å². The van der Waals surface area contributed by atoms with E-state index in [1.54, 1.807) is 42.5 Å². The number of halogens is 1. The molecular weight excluding hydrogens is 552 g/mol. The Balaban J connectivity index is 1.60. The molecule has 0 unspecified atom stereocenters. The molecule has 1 heterocycles. The number of amides is 2. The number of rotatable bonds is 11. The molecule has 4 rings (SSSR count). The molecule has 0 fully saturated rings. The lowest BCUT2D eigenvalue weighted by Gasteiger charge is -2.16. The lowest BCUT2D eigenvalue weighted by atomic mass is 10.2. The maximum Gasteiger partial charge on any atom is 0.332 e. The number of fused-ring (bicyclic) bond motifs is 1. The average molecular weight is 581 g/mol. The number of anilines is 2. The average Bonchev–Trinajstić information content (AvgIpc) is 2.97. The van der Waals surface area contributed by atoms with E-state index in [0.717, 1.165) is 15.6 Å². The Kier molecular flexibility index (Phi) is 9.30. The van der Waals surface area contributed by atoms with Gasteiger partial charge in [0.05, 0.1) is 42.4 Å². The molecule has 0 saturated carbocycles. The van der Waals surface area contributed by atoms with E-state index in [4.69, 9.17) is 25.8 Å². The van der Waals surface area contributed by atoms with Crippen molar-refractivity contribution < 1.29 is 23.8 Å². The molecule has 0 bridgehead atoms. The summed E-state index contributed by atoms with van der Waals surface area (Å²) in [4.78, 5) is 52.6. The van der Waals surface area contributed by atoms with Crippen LogP contribution in [0.5, 0.6) is 17.2 Å². The van der Waals surface area contributed by atoms with E-state index in [0.29, 0.717) is 29.5 Å². The van der Waals surface area contributed by atoms with Crippen LogP contribution in [0.3, 0.4) is 0 Å². The van der Waals surface area contributed by atoms with Gasteiger partial charge in [-0.1, -0.05) is 30.7 Å². The molecule has 0 saturated heterocycles. The van der Waals surface area contributed by atoms with Crippen LogP contribution in [0.4, 0.5) is 11.4 Å². The molecule has 214 valence electrons. The SMILES string of the molecule is CCCOc1ccc(NC(=O)Cn2c(=O)c3ccccc3n(CC(=O)Nc3cc(Cl)c(OC)cc3OC)c2=O)cc1. The van der Waals surface area contributed by atoms with Gasteiger partial charge in [-0.05, 0) is 48.9 Å². The van der Waals surface area contributed by atoms with E-state index in [1.807, 2.05) is 6.92 Å². The third kappa shape index (κ3) is 6.69. The number of nitrogens with zero attached hydrogens (tertiary/aromatic N) is 2. The zero-order chi connectivity index (χ0) is 29.5. The second kappa shape index (κ2) is 13.1. The van der Waals surface area contributed by atoms with Gasteiger partial charge in [0, 0.05) is 11.8 Å². The first kappa shape index (κ1) is 29.2. The molecule has 0 aliphatic carbocycles. The molecule has 4 aromatic rings. The highest BCUT2D eigenvalue weighted by Crippen LogP contribution is 2.35. The van der Waals surface area contributed by atoms with E-state index in [9.17, 15) is 19.2 Å². The standard InChI is InChI=1S/C29H29ClN4O7/c1-4-13-41-19-11-9-18(10-12-19)31-26(35)17-34-28(37)20-7-5-6-8-23(20)33(29(34)38)16-27(36)32-22-14-21(30)24(39-2)15-25(22)40-3/h5-12,14-15H,4,13,16-17H2,1-3H3,(H,31,35)(H,32,36). The van der Waals surface area contributed by atoms with Gasteiger partial charge in [0.2, 0.25) is 11.8 Å². The van der Waals surface area contributed by atoms with Crippen LogP contribution < -0.4 is 36.1 Å². The summed E-state index contributed by atoms with van der Waals surface area (Å²) in [6.45, 7) is 1.56. The van der Waals surface area contributed by atoms with Crippen LogP contribution in [0, 0.1) is 0 Å². The van der Waals surface area contributed by atoms with E-state index in [1.165, 1.54) is 32.4 Å². The fourth-order valence-electron chi connectivity index (χ4n) is 4.15. The summed E-state index contributed by atoms with van der Waals surface area (Å²) in [5, 5.41) is 5.78. The number of hydrogen-bond acceptors (Lipinski definition) is 7. The van der Waals surface area contributed by atoms with Crippen LogP contribution in [0.2, 0.25) is 5.02 Å². The Labute approximate surface area is 240 Å². The Morgan fingerprint density at radius 1 is 0.854 bits per heavy atom. The Morgan fingerprint density at radius 3 is 2.20 bits per heavy atom. The maximum absolute atomic E-state index is 13.5. The number of nitrogens with one attached hydrogen (secondary N) is 2.